The van der Waals surface area contributed by atoms with Gasteiger partial charge in [-0.2, -0.15) is 0 Å². The molecule has 0 aliphatic rings. The number of hydrogen-bond acceptors (Lipinski definition) is 4. The quantitative estimate of drug-likeness (QED) is 0.220. The third-order valence-corrected chi connectivity index (χ3v) is 8.30. The van der Waals surface area contributed by atoms with E-state index >= 15 is 0 Å². The van der Waals surface area contributed by atoms with Gasteiger partial charge in [0.25, 0.3) is 0 Å². The Morgan fingerprint density at radius 1 is 0.349 bits per heavy atom. The Hall–Kier alpha value is -5.87. The number of nitrogens with zero attached hydrogens (tertiary/aromatic N) is 3. The van der Waals surface area contributed by atoms with Crippen LogP contribution in [0.5, 0.6) is 0 Å². The predicted molar refractivity (Wildman–Crippen MR) is 176 cm³/mol. The van der Waals surface area contributed by atoms with Gasteiger partial charge in [-0.1, -0.05) is 121 Å². The van der Waals surface area contributed by atoms with Crippen molar-refractivity contribution in [1.29, 1.82) is 0 Å². The van der Waals surface area contributed by atoms with Crippen LogP contribution in [-0.2, 0) is 0 Å². The first-order chi connectivity index (χ1) is 21.3. The summed E-state index contributed by atoms with van der Waals surface area (Å²) < 4.78 is 6.58. The van der Waals surface area contributed by atoms with Gasteiger partial charge in [0, 0.05) is 21.9 Å². The Morgan fingerprint density at radius 3 is 1.42 bits per heavy atom. The van der Waals surface area contributed by atoms with Gasteiger partial charge in [-0.05, 0) is 50.5 Å². The highest BCUT2D eigenvalue weighted by molar-refractivity contribution is 6.13. The first kappa shape index (κ1) is 23.8. The minimum Gasteiger partial charge on any atom is -0.455 e. The van der Waals surface area contributed by atoms with Crippen LogP contribution < -0.4 is 0 Å². The second kappa shape index (κ2) is 9.33. The maximum Gasteiger partial charge on any atom is 0.167 e. The molecule has 0 amide bonds. The average Bonchev–Trinajstić information content (AvgIpc) is 3.44. The van der Waals surface area contributed by atoms with Gasteiger partial charge in [0.15, 0.2) is 17.5 Å². The number of rotatable bonds is 3. The van der Waals surface area contributed by atoms with Gasteiger partial charge in [0.2, 0.25) is 0 Å². The van der Waals surface area contributed by atoms with Crippen molar-refractivity contribution in [3.8, 4) is 34.2 Å². The van der Waals surface area contributed by atoms with Gasteiger partial charge in [-0.3, -0.25) is 0 Å². The highest BCUT2D eigenvalue weighted by Crippen LogP contribution is 2.38. The van der Waals surface area contributed by atoms with Crippen molar-refractivity contribution in [3.63, 3.8) is 0 Å². The van der Waals surface area contributed by atoms with Crippen LogP contribution in [0.4, 0.5) is 0 Å². The zero-order valence-corrected chi connectivity index (χ0v) is 23.0. The van der Waals surface area contributed by atoms with E-state index in [1.165, 1.54) is 5.39 Å². The maximum atomic E-state index is 6.58. The van der Waals surface area contributed by atoms with Gasteiger partial charge >= 0.3 is 0 Å². The fourth-order valence-corrected chi connectivity index (χ4v) is 6.24. The number of para-hydroxylation sites is 1. The molecule has 7 aromatic carbocycles. The largest absolute Gasteiger partial charge is 0.455 e. The molecule has 4 nitrogen and oxygen atoms in total. The van der Waals surface area contributed by atoms with Gasteiger partial charge < -0.3 is 4.42 Å². The van der Waals surface area contributed by atoms with E-state index in [1.54, 1.807) is 0 Å². The lowest BCUT2D eigenvalue weighted by Gasteiger charge is -2.11. The van der Waals surface area contributed by atoms with Crippen molar-refractivity contribution in [2.75, 3.05) is 0 Å². The molecule has 0 unspecified atom stereocenters. The Bertz CT molecular complexity index is 2420. The standard InChI is InChI=1S/C39H23N3O/c1-2-13-27-23-35-34(22-26(27)12-1)30-18-9-21-33(36(30)43-35)39-41-37(31-19-7-14-24-10-3-5-16-28(24)31)40-38(42-39)32-20-8-15-25-11-4-6-17-29(25)32/h1-23H. The Kier molecular flexibility index (Phi) is 5.16. The number of fused-ring (bicyclic) bond motifs is 6. The molecule has 0 spiro atoms. The second-order valence-corrected chi connectivity index (χ2v) is 10.8. The first-order valence-corrected chi connectivity index (χ1v) is 14.4. The summed E-state index contributed by atoms with van der Waals surface area (Å²) in [7, 11) is 0. The topological polar surface area (TPSA) is 51.8 Å². The summed E-state index contributed by atoms with van der Waals surface area (Å²) in [4.78, 5) is 15.4. The molecule has 0 saturated carbocycles. The fraction of sp³-hybridized carbons (Fsp3) is 0. The molecule has 0 fully saturated rings. The number of furan rings is 1. The van der Waals surface area contributed by atoms with E-state index in [2.05, 4.69) is 133 Å². The van der Waals surface area contributed by atoms with Crippen molar-refractivity contribution < 1.29 is 4.42 Å². The predicted octanol–water partition coefficient (Wildman–Crippen LogP) is 10.2. The van der Waals surface area contributed by atoms with Crippen LogP contribution in [0.15, 0.2) is 144 Å². The molecule has 0 aliphatic heterocycles. The van der Waals surface area contributed by atoms with Crippen molar-refractivity contribution in [2.24, 2.45) is 0 Å². The molecule has 0 bridgehead atoms. The van der Waals surface area contributed by atoms with Gasteiger partial charge in [0.1, 0.15) is 11.2 Å². The van der Waals surface area contributed by atoms with Crippen LogP contribution in [0.1, 0.15) is 0 Å². The third kappa shape index (κ3) is 3.81. The van der Waals surface area contributed by atoms with E-state index in [4.69, 9.17) is 19.4 Å². The number of hydrogen-bond donors (Lipinski definition) is 0. The summed E-state index contributed by atoms with van der Waals surface area (Å²) >= 11 is 0. The van der Waals surface area contributed by atoms with E-state index in [-0.39, 0.29) is 0 Å². The summed E-state index contributed by atoms with van der Waals surface area (Å²) in [5.41, 5.74) is 4.38. The van der Waals surface area contributed by atoms with Gasteiger partial charge in [0.05, 0.1) is 5.56 Å². The fourth-order valence-electron chi connectivity index (χ4n) is 6.24. The molecular weight excluding hydrogens is 526 g/mol. The van der Waals surface area contributed by atoms with Crippen LogP contribution in [0.3, 0.4) is 0 Å². The van der Waals surface area contributed by atoms with Crippen LogP contribution in [0.2, 0.25) is 0 Å². The maximum absolute atomic E-state index is 6.58. The molecule has 200 valence electrons. The van der Waals surface area contributed by atoms with E-state index < -0.39 is 0 Å². The average molecular weight is 550 g/mol. The summed E-state index contributed by atoms with van der Waals surface area (Å²) in [5.74, 6) is 1.84. The Labute approximate surface area is 246 Å². The molecule has 0 radical (unpaired) electrons. The lowest BCUT2D eigenvalue weighted by Crippen LogP contribution is -2.01. The lowest BCUT2D eigenvalue weighted by molar-refractivity contribution is 0.670. The summed E-state index contributed by atoms with van der Waals surface area (Å²) in [6.07, 6.45) is 0. The minimum absolute atomic E-state index is 0.579. The minimum atomic E-state index is 0.579. The molecule has 0 atom stereocenters. The molecular formula is C39H23N3O. The molecule has 4 heteroatoms. The van der Waals surface area contributed by atoms with E-state index in [1.807, 2.05) is 6.07 Å². The van der Waals surface area contributed by atoms with Crippen molar-refractivity contribution in [2.45, 2.75) is 0 Å². The van der Waals surface area contributed by atoms with E-state index in [0.29, 0.717) is 17.5 Å². The number of aromatic nitrogens is 3. The van der Waals surface area contributed by atoms with Crippen molar-refractivity contribution in [3.05, 3.63) is 140 Å². The smallest absolute Gasteiger partial charge is 0.167 e. The molecule has 0 saturated heterocycles. The molecule has 2 aromatic heterocycles. The zero-order chi connectivity index (χ0) is 28.3. The highest BCUT2D eigenvalue weighted by Gasteiger charge is 2.19. The third-order valence-electron chi connectivity index (χ3n) is 8.30. The van der Waals surface area contributed by atoms with Gasteiger partial charge in [-0.25, -0.2) is 15.0 Å². The monoisotopic (exact) mass is 549 g/mol. The van der Waals surface area contributed by atoms with Crippen LogP contribution in [0.25, 0.3) is 88.4 Å². The lowest BCUT2D eigenvalue weighted by atomic mass is 10.0. The normalized spacial score (nSPS) is 11.7. The molecule has 43 heavy (non-hydrogen) atoms. The Morgan fingerprint density at radius 2 is 0.791 bits per heavy atom. The molecule has 2 heterocycles. The number of benzene rings is 7. The molecule has 9 rings (SSSR count). The Balaban J connectivity index is 1.35. The molecule has 9 aromatic rings. The highest BCUT2D eigenvalue weighted by atomic mass is 16.3. The van der Waals surface area contributed by atoms with Crippen LogP contribution in [-0.4, -0.2) is 15.0 Å². The van der Waals surface area contributed by atoms with Gasteiger partial charge in [-0.15, -0.1) is 0 Å². The molecule has 0 N–H and O–H groups in total. The second-order valence-electron chi connectivity index (χ2n) is 10.8. The zero-order valence-electron chi connectivity index (χ0n) is 23.0. The molecule has 0 aliphatic carbocycles. The van der Waals surface area contributed by atoms with Crippen LogP contribution >= 0.6 is 0 Å². The summed E-state index contributed by atoms with van der Waals surface area (Å²) in [6.45, 7) is 0. The summed E-state index contributed by atoms with van der Waals surface area (Å²) in [6, 6.07) is 48.1. The summed E-state index contributed by atoms with van der Waals surface area (Å²) in [5, 5.41) is 8.91. The van der Waals surface area contributed by atoms with E-state index in [0.717, 1.165) is 65.6 Å². The van der Waals surface area contributed by atoms with Crippen molar-refractivity contribution >= 4 is 54.3 Å². The first-order valence-electron chi connectivity index (χ1n) is 14.4. The SMILES string of the molecule is c1ccc2cc3c(cc2c1)oc1c(-c2nc(-c4cccc5ccccc45)nc(-c4cccc5ccccc45)n2)cccc13. The van der Waals surface area contributed by atoms with Crippen LogP contribution in [0, 0.1) is 0 Å². The van der Waals surface area contributed by atoms with Crippen molar-refractivity contribution in [1.82, 2.24) is 15.0 Å². The van der Waals surface area contributed by atoms with E-state index in [9.17, 15) is 0 Å².